The van der Waals surface area contributed by atoms with Gasteiger partial charge in [-0.1, -0.05) is 36.9 Å². The molecule has 8 heteroatoms. The first kappa shape index (κ1) is 22.0. The molecule has 2 heterocycles. The van der Waals surface area contributed by atoms with E-state index in [1.54, 1.807) is 12.1 Å². The first-order valence-corrected chi connectivity index (χ1v) is 12.2. The number of carbonyl (C=O) groups is 1. The van der Waals surface area contributed by atoms with Gasteiger partial charge in [0.15, 0.2) is 0 Å². The van der Waals surface area contributed by atoms with E-state index < -0.39 is 0 Å². The number of hydrogen-bond donors (Lipinski definition) is 1. The molecule has 33 heavy (non-hydrogen) atoms. The predicted molar refractivity (Wildman–Crippen MR) is 130 cm³/mol. The summed E-state index contributed by atoms with van der Waals surface area (Å²) in [5.41, 5.74) is 3.04. The van der Waals surface area contributed by atoms with Crippen molar-refractivity contribution in [2.24, 2.45) is 5.92 Å². The first-order valence-electron chi connectivity index (χ1n) is 11.8. The van der Waals surface area contributed by atoms with Crippen molar-refractivity contribution in [2.75, 3.05) is 29.4 Å². The van der Waals surface area contributed by atoms with Crippen LogP contribution in [-0.4, -0.2) is 42.5 Å². The molecule has 0 unspecified atom stereocenters. The molecule has 7 nitrogen and oxygen atoms in total. The lowest BCUT2D eigenvalue weighted by atomic mass is 9.82. The molecule has 1 saturated carbocycles. The summed E-state index contributed by atoms with van der Waals surface area (Å²) in [5, 5.41) is 15.4. The van der Waals surface area contributed by atoms with Gasteiger partial charge in [-0.2, -0.15) is 0 Å². The van der Waals surface area contributed by atoms with E-state index in [-0.39, 0.29) is 34.5 Å². The molecular formula is C25H29ClN4O3. The molecule has 5 rings (SSSR count). The monoisotopic (exact) mass is 468 g/mol. The Hall–Kier alpha value is -2.80. The van der Waals surface area contributed by atoms with E-state index in [1.165, 1.54) is 6.42 Å². The van der Waals surface area contributed by atoms with Crippen molar-refractivity contribution in [2.45, 2.75) is 50.6 Å². The van der Waals surface area contributed by atoms with Crippen LogP contribution in [-0.2, 0) is 11.2 Å². The van der Waals surface area contributed by atoms with Crippen LogP contribution in [0.25, 0.3) is 0 Å². The van der Waals surface area contributed by atoms with Gasteiger partial charge in [-0.3, -0.25) is 14.9 Å². The summed E-state index contributed by atoms with van der Waals surface area (Å²) in [7, 11) is 0. The van der Waals surface area contributed by atoms with Crippen LogP contribution in [0, 0.1) is 16.0 Å². The summed E-state index contributed by atoms with van der Waals surface area (Å²) in [6.07, 6.45) is 6.12. The Morgan fingerprint density at radius 3 is 2.67 bits per heavy atom. The normalized spacial score (nSPS) is 22.9. The average molecular weight is 469 g/mol. The van der Waals surface area contributed by atoms with Crippen molar-refractivity contribution in [1.29, 1.82) is 0 Å². The van der Waals surface area contributed by atoms with Crippen molar-refractivity contribution in [3.8, 4) is 0 Å². The van der Waals surface area contributed by atoms with Gasteiger partial charge >= 0.3 is 0 Å². The zero-order valence-corrected chi connectivity index (χ0v) is 19.3. The van der Waals surface area contributed by atoms with Crippen LogP contribution >= 0.6 is 11.6 Å². The number of amides is 1. The van der Waals surface area contributed by atoms with Crippen LogP contribution in [0.3, 0.4) is 0 Å². The quantitative estimate of drug-likeness (QED) is 0.525. The Kier molecular flexibility index (Phi) is 6.15. The second-order valence-electron chi connectivity index (χ2n) is 9.41. The molecule has 0 radical (unpaired) electrons. The maximum atomic E-state index is 13.5. The number of rotatable bonds is 4. The maximum Gasteiger partial charge on any atom is 0.269 e. The number of fused-ring (bicyclic) bond motifs is 3. The Bertz CT molecular complexity index is 1060. The molecule has 1 N–H and O–H groups in total. The van der Waals surface area contributed by atoms with Crippen LogP contribution in [0.2, 0.25) is 5.02 Å². The number of nitrogens with one attached hydrogen (secondary N) is 1. The molecule has 2 atom stereocenters. The van der Waals surface area contributed by atoms with Crippen LogP contribution in [0.4, 0.5) is 17.1 Å². The first-order chi connectivity index (χ1) is 16.0. The Morgan fingerprint density at radius 2 is 1.91 bits per heavy atom. The fourth-order valence-electron chi connectivity index (χ4n) is 5.69. The van der Waals surface area contributed by atoms with Crippen molar-refractivity contribution in [1.82, 2.24) is 5.32 Å². The zero-order chi connectivity index (χ0) is 22.9. The van der Waals surface area contributed by atoms with Gasteiger partial charge in [-0.15, -0.1) is 0 Å². The van der Waals surface area contributed by atoms with Crippen LogP contribution in [0.5, 0.6) is 0 Å². The number of non-ortho nitro benzene ring substituents is 1. The molecule has 1 amide bonds. The number of anilines is 2. The highest BCUT2D eigenvalue weighted by atomic mass is 35.5. The minimum absolute atomic E-state index is 0.00437. The van der Waals surface area contributed by atoms with E-state index in [9.17, 15) is 14.9 Å². The van der Waals surface area contributed by atoms with Gasteiger partial charge in [-0.05, 0) is 49.1 Å². The Labute approximate surface area is 198 Å². The largest absolute Gasteiger partial charge is 0.368 e. The molecule has 3 aliphatic rings. The van der Waals surface area contributed by atoms with E-state index in [4.69, 9.17) is 11.6 Å². The van der Waals surface area contributed by atoms with E-state index in [1.807, 2.05) is 24.3 Å². The SMILES string of the molecule is O=C(NC1CCCCC1)[C@H]1Cc2cc([N+](=O)[O-])ccc2N2CCN(c3cccc(Cl)c3)C[C@@H]12. The second-order valence-corrected chi connectivity index (χ2v) is 9.85. The maximum absolute atomic E-state index is 13.5. The van der Waals surface area contributed by atoms with Gasteiger partial charge in [0.1, 0.15) is 0 Å². The van der Waals surface area contributed by atoms with Gasteiger partial charge in [0.25, 0.3) is 5.69 Å². The van der Waals surface area contributed by atoms with Gasteiger partial charge < -0.3 is 15.1 Å². The molecule has 2 aliphatic heterocycles. The second kappa shape index (κ2) is 9.21. The molecule has 2 fully saturated rings. The summed E-state index contributed by atoms with van der Waals surface area (Å²) in [6.45, 7) is 2.25. The standard InChI is InChI=1S/C25H29ClN4O3/c26-18-5-4-8-20(15-18)28-11-12-29-23-10-9-21(30(32)33)13-17(23)14-22(24(29)16-28)25(31)27-19-6-2-1-3-7-19/h4-5,8-10,13,15,19,22,24H,1-3,6-7,11-12,14,16H2,(H,27,31)/t22-,24-/m0/s1. The molecule has 1 saturated heterocycles. The minimum Gasteiger partial charge on any atom is -0.368 e. The van der Waals surface area contributed by atoms with Gasteiger partial charge in [0, 0.05) is 54.2 Å². The lowest BCUT2D eigenvalue weighted by molar-refractivity contribution is -0.384. The van der Waals surface area contributed by atoms with Crippen molar-refractivity contribution >= 4 is 34.6 Å². The minimum atomic E-state index is -0.361. The van der Waals surface area contributed by atoms with E-state index in [2.05, 4.69) is 21.2 Å². The van der Waals surface area contributed by atoms with Crippen molar-refractivity contribution in [3.63, 3.8) is 0 Å². The van der Waals surface area contributed by atoms with Crippen molar-refractivity contribution in [3.05, 3.63) is 63.2 Å². The van der Waals surface area contributed by atoms with Crippen LogP contribution < -0.4 is 15.1 Å². The van der Waals surface area contributed by atoms with Gasteiger partial charge in [0.2, 0.25) is 5.91 Å². The summed E-state index contributed by atoms with van der Waals surface area (Å²) < 4.78 is 0. The Balaban J connectivity index is 1.45. The topological polar surface area (TPSA) is 78.7 Å². The fourth-order valence-corrected chi connectivity index (χ4v) is 5.87. The summed E-state index contributed by atoms with van der Waals surface area (Å²) in [5.74, 6) is -0.189. The number of hydrogen-bond acceptors (Lipinski definition) is 5. The molecule has 2 aromatic rings. The highest BCUT2D eigenvalue weighted by Gasteiger charge is 2.42. The lowest BCUT2D eigenvalue weighted by Crippen LogP contribution is -2.61. The third-order valence-corrected chi connectivity index (χ3v) is 7.60. The average Bonchev–Trinajstić information content (AvgIpc) is 2.83. The highest BCUT2D eigenvalue weighted by molar-refractivity contribution is 6.30. The van der Waals surface area contributed by atoms with E-state index in [0.29, 0.717) is 18.0 Å². The third-order valence-electron chi connectivity index (χ3n) is 7.37. The zero-order valence-electron chi connectivity index (χ0n) is 18.6. The third kappa shape index (κ3) is 4.51. The Morgan fingerprint density at radius 1 is 1.09 bits per heavy atom. The number of carbonyl (C=O) groups excluding carboxylic acids is 1. The number of halogens is 1. The number of benzene rings is 2. The van der Waals surface area contributed by atoms with Crippen LogP contribution in [0.1, 0.15) is 37.7 Å². The molecule has 2 aromatic carbocycles. The van der Waals surface area contributed by atoms with Gasteiger partial charge in [-0.25, -0.2) is 0 Å². The van der Waals surface area contributed by atoms with E-state index in [0.717, 1.165) is 55.7 Å². The van der Waals surface area contributed by atoms with Crippen LogP contribution in [0.15, 0.2) is 42.5 Å². The lowest BCUT2D eigenvalue weighted by Gasteiger charge is -2.49. The number of nitrogens with zero attached hydrogens (tertiary/aromatic N) is 3. The summed E-state index contributed by atoms with van der Waals surface area (Å²) in [6, 6.07) is 13.1. The fraction of sp³-hybridized carbons (Fsp3) is 0.480. The number of nitro benzene ring substituents is 1. The van der Waals surface area contributed by atoms with Gasteiger partial charge in [0.05, 0.1) is 16.9 Å². The molecule has 0 aromatic heterocycles. The van der Waals surface area contributed by atoms with E-state index >= 15 is 0 Å². The molecule has 174 valence electrons. The number of piperazine rings is 1. The number of nitro groups is 1. The summed E-state index contributed by atoms with van der Waals surface area (Å²) >= 11 is 6.24. The predicted octanol–water partition coefficient (Wildman–Crippen LogP) is 4.56. The molecule has 0 spiro atoms. The van der Waals surface area contributed by atoms with Crippen molar-refractivity contribution < 1.29 is 9.72 Å². The molecule has 0 bridgehead atoms. The highest BCUT2D eigenvalue weighted by Crippen LogP contribution is 2.39. The smallest absolute Gasteiger partial charge is 0.269 e. The molecule has 1 aliphatic carbocycles. The molecular weight excluding hydrogens is 440 g/mol. The summed E-state index contributed by atoms with van der Waals surface area (Å²) in [4.78, 5) is 29.1.